The molecule has 0 aromatic heterocycles. The van der Waals surface area contributed by atoms with Gasteiger partial charge in [-0.2, -0.15) is 0 Å². The number of rotatable bonds is 7. The molecule has 0 fully saturated rings. The average molecular weight is 472 g/mol. The maximum atomic E-state index is 13.5. The van der Waals surface area contributed by atoms with Gasteiger partial charge >= 0.3 is 0 Å². The molecule has 0 amide bonds. The van der Waals surface area contributed by atoms with E-state index in [9.17, 15) is 13.2 Å². The van der Waals surface area contributed by atoms with Crippen LogP contribution < -0.4 is 4.90 Å². The number of Topliss-reactive ketones (excluding diaryl/α,β-unsaturated/α-hetero) is 1. The number of hydrogen-bond acceptors (Lipinski definition) is 4. The molecule has 0 aliphatic carbocycles. The van der Waals surface area contributed by atoms with Crippen molar-refractivity contribution < 1.29 is 13.2 Å². The summed E-state index contributed by atoms with van der Waals surface area (Å²) >= 11 is 3.33. The predicted molar refractivity (Wildman–Crippen MR) is 120 cm³/mol. The third-order valence-electron chi connectivity index (χ3n) is 4.76. The van der Waals surface area contributed by atoms with Crippen LogP contribution in [0.5, 0.6) is 0 Å². The van der Waals surface area contributed by atoms with Crippen LogP contribution in [-0.2, 0) is 9.84 Å². The zero-order chi connectivity index (χ0) is 21.0. The van der Waals surface area contributed by atoms with E-state index in [1.54, 1.807) is 60.7 Å². The van der Waals surface area contributed by atoms with E-state index in [1.807, 2.05) is 37.2 Å². The van der Waals surface area contributed by atoms with E-state index < -0.39 is 15.1 Å². The van der Waals surface area contributed by atoms with Gasteiger partial charge in [0.25, 0.3) is 0 Å². The first-order chi connectivity index (χ1) is 13.8. The number of nitrogens with zero attached hydrogens (tertiary/aromatic N) is 1. The molecular weight excluding hydrogens is 450 g/mol. The van der Waals surface area contributed by atoms with E-state index in [0.717, 1.165) is 10.2 Å². The molecule has 0 aliphatic heterocycles. The summed E-state index contributed by atoms with van der Waals surface area (Å²) in [6.45, 7) is 0. The molecule has 0 unspecified atom stereocenters. The Bertz CT molecular complexity index is 1080. The Morgan fingerprint density at radius 2 is 1.48 bits per heavy atom. The van der Waals surface area contributed by atoms with Crippen molar-refractivity contribution in [1.29, 1.82) is 0 Å². The second-order valence-electron chi connectivity index (χ2n) is 6.97. The lowest BCUT2D eigenvalue weighted by Crippen LogP contribution is -2.18. The summed E-state index contributed by atoms with van der Waals surface area (Å²) < 4.78 is 27.7. The molecule has 29 heavy (non-hydrogen) atoms. The maximum absolute atomic E-state index is 13.5. The first-order valence-electron chi connectivity index (χ1n) is 9.14. The second kappa shape index (κ2) is 8.93. The summed E-state index contributed by atoms with van der Waals surface area (Å²) in [4.78, 5) is 15.0. The normalized spacial score (nSPS) is 12.4. The zero-order valence-corrected chi connectivity index (χ0v) is 18.7. The zero-order valence-electron chi connectivity index (χ0n) is 16.2. The summed E-state index contributed by atoms with van der Waals surface area (Å²) in [6.07, 6.45) is -0.121. The molecule has 3 aromatic rings. The van der Waals surface area contributed by atoms with Gasteiger partial charge in [-0.3, -0.25) is 4.79 Å². The molecule has 0 aliphatic rings. The highest BCUT2D eigenvalue weighted by molar-refractivity contribution is 9.10. The maximum Gasteiger partial charge on any atom is 0.185 e. The van der Waals surface area contributed by atoms with Crippen molar-refractivity contribution in [3.63, 3.8) is 0 Å². The quantitative estimate of drug-likeness (QED) is 0.438. The molecule has 150 valence electrons. The highest BCUT2D eigenvalue weighted by atomic mass is 79.9. The van der Waals surface area contributed by atoms with Crippen molar-refractivity contribution in [3.8, 4) is 0 Å². The highest BCUT2D eigenvalue weighted by Gasteiger charge is 2.31. The van der Waals surface area contributed by atoms with Crippen LogP contribution in [0.25, 0.3) is 0 Å². The number of carbonyl (C=O) groups is 1. The smallest absolute Gasteiger partial charge is 0.185 e. The van der Waals surface area contributed by atoms with E-state index in [4.69, 9.17) is 0 Å². The SMILES string of the molecule is CN(C)c1ccc([C@@H](CC(=O)c2ccccc2)S(=O)(=O)c2ccc(Br)cc2)cc1. The topological polar surface area (TPSA) is 54.5 Å². The van der Waals surface area contributed by atoms with Crippen molar-refractivity contribution in [1.82, 2.24) is 0 Å². The second-order valence-corrected chi connectivity index (χ2v) is 10.0. The van der Waals surface area contributed by atoms with Crippen molar-refractivity contribution in [2.45, 2.75) is 16.6 Å². The van der Waals surface area contributed by atoms with E-state index in [0.29, 0.717) is 11.1 Å². The lowest BCUT2D eigenvalue weighted by molar-refractivity contribution is 0.0980. The van der Waals surface area contributed by atoms with Gasteiger partial charge in [0.05, 0.1) is 10.1 Å². The van der Waals surface area contributed by atoms with Crippen LogP contribution in [0, 0.1) is 0 Å². The third-order valence-corrected chi connectivity index (χ3v) is 7.41. The van der Waals surface area contributed by atoms with Crippen LogP contribution in [0.2, 0.25) is 0 Å². The molecule has 4 nitrogen and oxygen atoms in total. The number of anilines is 1. The van der Waals surface area contributed by atoms with Gasteiger partial charge in [-0.05, 0) is 42.0 Å². The summed E-state index contributed by atoms with van der Waals surface area (Å²) in [5.41, 5.74) is 2.07. The van der Waals surface area contributed by atoms with Crippen molar-refractivity contribution in [2.24, 2.45) is 0 Å². The third kappa shape index (κ3) is 4.95. The Labute approximate surface area is 180 Å². The molecule has 6 heteroatoms. The molecule has 0 bridgehead atoms. The fourth-order valence-electron chi connectivity index (χ4n) is 3.09. The van der Waals surface area contributed by atoms with Crippen LogP contribution in [0.1, 0.15) is 27.6 Å². The molecule has 3 rings (SSSR count). The summed E-state index contributed by atoms with van der Waals surface area (Å²) in [6, 6.07) is 22.6. The van der Waals surface area contributed by atoms with Crippen LogP contribution in [-0.4, -0.2) is 28.3 Å². The van der Waals surface area contributed by atoms with Crippen molar-refractivity contribution >= 4 is 37.2 Å². The predicted octanol–water partition coefficient (Wildman–Crippen LogP) is 5.30. The van der Waals surface area contributed by atoms with Gasteiger partial charge in [0, 0.05) is 36.2 Å². The number of halogens is 1. The molecule has 0 spiro atoms. The standard InChI is InChI=1S/C23H22BrNO3S/c1-25(2)20-12-8-18(9-13-20)23(16-22(26)17-6-4-3-5-7-17)29(27,28)21-14-10-19(24)11-15-21/h3-15,23H,16H2,1-2H3/t23-/m1/s1. The Morgan fingerprint density at radius 1 is 0.897 bits per heavy atom. The average Bonchev–Trinajstić information content (AvgIpc) is 2.72. The minimum Gasteiger partial charge on any atom is -0.378 e. The van der Waals surface area contributed by atoms with Gasteiger partial charge in [0.1, 0.15) is 0 Å². The first-order valence-corrected chi connectivity index (χ1v) is 11.5. The first kappa shape index (κ1) is 21.3. The van der Waals surface area contributed by atoms with Crippen LogP contribution in [0.4, 0.5) is 5.69 Å². The fraction of sp³-hybridized carbons (Fsp3) is 0.174. The number of benzene rings is 3. The Morgan fingerprint density at radius 3 is 2.03 bits per heavy atom. The van der Waals surface area contributed by atoms with E-state index in [2.05, 4.69) is 15.9 Å². The molecule has 0 saturated heterocycles. The van der Waals surface area contributed by atoms with Crippen molar-refractivity contribution in [2.75, 3.05) is 19.0 Å². The number of carbonyl (C=O) groups excluding carboxylic acids is 1. The monoisotopic (exact) mass is 471 g/mol. The van der Waals surface area contributed by atoms with Gasteiger partial charge in [0.2, 0.25) is 0 Å². The van der Waals surface area contributed by atoms with Gasteiger partial charge in [-0.1, -0.05) is 58.4 Å². The largest absolute Gasteiger partial charge is 0.378 e. The van der Waals surface area contributed by atoms with Crippen LogP contribution >= 0.6 is 15.9 Å². The minimum atomic E-state index is -3.76. The number of sulfone groups is 1. The highest BCUT2D eigenvalue weighted by Crippen LogP contribution is 2.34. The van der Waals surface area contributed by atoms with Crippen LogP contribution in [0.3, 0.4) is 0 Å². The van der Waals surface area contributed by atoms with Gasteiger partial charge in [-0.15, -0.1) is 0 Å². The molecule has 0 radical (unpaired) electrons. The minimum absolute atomic E-state index is 0.121. The van der Waals surface area contributed by atoms with Crippen LogP contribution in [0.15, 0.2) is 88.2 Å². The lowest BCUT2D eigenvalue weighted by atomic mass is 10.0. The Balaban J connectivity index is 2.03. The van der Waals surface area contributed by atoms with Crippen molar-refractivity contribution in [3.05, 3.63) is 94.5 Å². The number of hydrogen-bond donors (Lipinski definition) is 0. The molecule has 1 atom stereocenters. The Kier molecular flexibility index (Phi) is 6.55. The molecular formula is C23H22BrNO3S. The van der Waals surface area contributed by atoms with Gasteiger partial charge < -0.3 is 4.90 Å². The molecule has 0 heterocycles. The molecule has 0 saturated carbocycles. The Hall–Kier alpha value is -2.44. The van der Waals surface area contributed by atoms with Gasteiger partial charge in [0.15, 0.2) is 15.6 Å². The fourth-order valence-corrected chi connectivity index (χ4v) is 5.09. The van der Waals surface area contributed by atoms with E-state index >= 15 is 0 Å². The molecule has 0 N–H and O–H groups in total. The summed E-state index contributed by atoms with van der Waals surface area (Å²) in [5, 5.41) is -0.965. The lowest BCUT2D eigenvalue weighted by Gasteiger charge is -2.20. The molecule has 3 aromatic carbocycles. The van der Waals surface area contributed by atoms with Gasteiger partial charge in [-0.25, -0.2) is 8.42 Å². The number of ketones is 1. The summed E-state index contributed by atoms with van der Waals surface area (Å²) in [7, 11) is 0.0789. The van der Waals surface area contributed by atoms with E-state index in [-0.39, 0.29) is 17.1 Å². The summed E-state index contributed by atoms with van der Waals surface area (Å²) in [5.74, 6) is -0.201. The van der Waals surface area contributed by atoms with E-state index in [1.165, 1.54) is 0 Å².